The first kappa shape index (κ1) is 17.9. The van der Waals surface area contributed by atoms with Crippen LogP contribution in [0, 0.1) is 0 Å². The van der Waals surface area contributed by atoms with Gasteiger partial charge >= 0.3 is 0 Å². The molecule has 0 heterocycles. The molecule has 0 amide bonds. The van der Waals surface area contributed by atoms with E-state index in [1.54, 1.807) is 19.1 Å². The average molecular weight is 316 g/mol. The first-order valence-electron chi connectivity index (χ1n) is 6.84. The summed E-state index contributed by atoms with van der Waals surface area (Å²) in [6.45, 7) is 5.42. The molecule has 6 nitrogen and oxygen atoms in total. The lowest BCUT2D eigenvalue weighted by molar-refractivity contribution is 0.122. The van der Waals surface area contributed by atoms with Crippen LogP contribution in [0.3, 0.4) is 0 Å². The first-order chi connectivity index (χ1) is 9.94. The Morgan fingerprint density at radius 1 is 1.29 bits per heavy atom. The van der Waals surface area contributed by atoms with Crippen LogP contribution in [0.5, 0.6) is 5.75 Å². The van der Waals surface area contributed by atoms with Gasteiger partial charge in [0.15, 0.2) is 0 Å². The van der Waals surface area contributed by atoms with Gasteiger partial charge in [-0.15, -0.1) is 0 Å². The third-order valence-corrected chi connectivity index (χ3v) is 4.50. The minimum Gasteiger partial charge on any atom is -0.495 e. The highest BCUT2D eigenvalue weighted by atomic mass is 32.2. The minimum absolute atomic E-state index is 0.142. The highest BCUT2D eigenvalue weighted by Gasteiger charge is 2.20. The molecule has 0 radical (unpaired) electrons. The van der Waals surface area contributed by atoms with Gasteiger partial charge in [-0.1, -0.05) is 13.0 Å². The van der Waals surface area contributed by atoms with E-state index in [9.17, 15) is 8.42 Å². The Balaban J connectivity index is 3.01. The predicted molar refractivity (Wildman–Crippen MR) is 82.0 cm³/mol. The quantitative estimate of drug-likeness (QED) is 0.714. The Morgan fingerprint density at radius 2 is 2.00 bits per heavy atom. The fourth-order valence-corrected chi connectivity index (χ4v) is 3.03. The van der Waals surface area contributed by atoms with E-state index in [1.807, 2.05) is 13.0 Å². The van der Waals surface area contributed by atoms with Crippen LogP contribution in [0.2, 0.25) is 0 Å². The van der Waals surface area contributed by atoms with Crippen LogP contribution in [0.4, 0.5) is 0 Å². The van der Waals surface area contributed by atoms with E-state index in [2.05, 4.69) is 10.0 Å². The molecule has 0 aromatic heterocycles. The largest absolute Gasteiger partial charge is 0.495 e. The Bertz CT molecular complexity index is 546. The van der Waals surface area contributed by atoms with E-state index in [4.69, 9.17) is 9.47 Å². The number of methoxy groups -OCH3 is 2. The number of hydrogen-bond acceptors (Lipinski definition) is 5. The normalized spacial score (nSPS) is 13.1. The highest BCUT2D eigenvalue weighted by Crippen LogP contribution is 2.24. The van der Waals surface area contributed by atoms with Crippen molar-refractivity contribution in [1.82, 2.24) is 10.0 Å². The molecule has 0 saturated heterocycles. The third-order valence-electron chi connectivity index (χ3n) is 3.06. The summed E-state index contributed by atoms with van der Waals surface area (Å²) in [6.07, 6.45) is -0.198. The van der Waals surface area contributed by atoms with Crippen molar-refractivity contribution in [3.63, 3.8) is 0 Å². The van der Waals surface area contributed by atoms with E-state index in [0.717, 1.165) is 12.1 Å². The lowest BCUT2D eigenvalue weighted by Gasteiger charge is -2.14. The Hall–Kier alpha value is -1.15. The van der Waals surface area contributed by atoms with Crippen LogP contribution < -0.4 is 14.8 Å². The van der Waals surface area contributed by atoms with Gasteiger partial charge in [-0.2, -0.15) is 0 Å². The van der Waals surface area contributed by atoms with E-state index < -0.39 is 10.0 Å². The highest BCUT2D eigenvalue weighted by molar-refractivity contribution is 7.89. The van der Waals surface area contributed by atoms with Crippen LogP contribution >= 0.6 is 0 Å². The van der Waals surface area contributed by atoms with Gasteiger partial charge in [0.05, 0.1) is 13.2 Å². The van der Waals surface area contributed by atoms with Gasteiger partial charge in [0.1, 0.15) is 10.6 Å². The monoisotopic (exact) mass is 316 g/mol. The van der Waals surface area contributed by atoms with Gasteiger partial charge in [0.25, 0.3) is 0 Å². The van der Waals surface area contributed by atoms with Crippen LogP contribution in [0.15, 0.2) is 23.1 Å². The van der Waals surface area contributed by atoms with Crippen LogP contribution in [0.25, 0.3) is 0 Å². The lowest BCUT2D eigenvalue weighted by atomic mass is 10.2. The summed E-state index contributed by atoms with van der Waals surface area (Å²) in [5, 5.41) is 3.16. The zero-order chi connectivity index (χ0) is 15.9. The average Bonchev–Trinajstić information content (AvgIpc) is 2.50. The maximum absolute atomic E-state index is 12.4. The van der Waals surface area contributed by atoms with E-state index >= 15 is 0 Å². The maximum Gasteiger partial charge on any atom is 0.244 e. The van der Waals surface area contributed by atoms with E-state index in [-0.39, 0.29) is 17.5 Å². The van der Waals surface area contributed by atoms with Gasteiger partial charge in [-0.3, -0.25) is 0 Å². The standard InChI is InChI=1S/C14H24N2O4S/c1-5-15-10-12-6-7-13(20-4)14(8-12)21(17,18)16-9-11(2)19-3/h6-8,11,15-16H,5,9-10H2,1-4H3. The van der Waals surface area contributed by atoms with Gasteiger partial charge in [0.2, 0.25) is 10.0 Å². The van der Waals surface area contributed by atoms with Crippen LogP contribution in [-0.2, 0) is 21.3 Å². The molecule has 0 spiro atoms. The molecule has 120 valence electrons. The van der Waals surface area contributed by atoms with Crippen LogP contribution in [0.1, 0.15) is 19.4 Å². The van der Waals surface area contributed by atoms with Gasteiger partial charge < -0.3 is 14.8 Å². The van der Waals surface area contributed by atoms with Crippen LogP contribution in [-0.4, -0.2) is 41.8 Å². The summed E-state index contributed by atoms with van der Waals surface area (Å²) in [4.78, 5) is 0.142. The van der Waals surface area contributed by atoms with E-state index in [0.29, 0.717) is 12.3 Å². The van der Waals surface area contributed by atoms with Crippen molar-refractivity contribution in [2.75, 3.05) is 27.3 Å². The number of ether oxygens (including phenoxy) is 2. The molecule has 1 rings (SSSR count). The Labute approximate surface area is 126 Å². The predicted octanol–water partition coefficient (Wildman–Crippen LogP) is 1.12. The molecule has 1 aromatic carbocycles. The molecule has 0 aliphatic heterocycles. The summed E-state index contributed by atoms with van der Waals surface area (Å²) < 4.78 is 37.5. The zero-order valence-electron chi connectivity index (χ0n) is 13.0. The van der Waals surface area contributed by atoms with Crippen molar-refractivity contribution in [2.45, 2.75) is 31.4 Å². The fourth-order valence-electron chi connectivity index (χ4n) is 1.70. The van der Waals surface area contributed by atoms with Crippen molar-refractivity contribution < 1.29 is 17.9 Å². The fraction of sp³-hybridized carbons (Fsp3) is 0.571. The summed E-state index contributed by atoms with van der Waals surface area (Å²) >= 11 is 0. The second kappa shape index (κ2) is 8.33. The number of sulfonamides is 1. The molecule has 0 aliphatic rings. The SMILES string of the molecule is CCNCc1ccc(OC)c(S(=O)(=O)NCC(C)OC)c1. The molecule has 0 bridgehead atoms. The molecule has 7 heteroatoms. The Kier molecular flexibility index (Phi) is 7.10. The van der Waals surface area contributed by atoms with Crippen molar-refractivity contribution in [2.24, 2.45) is 0 Å². The summed E-state index contributed by atoms with van der Waals surface area (Å²) in [6, 6.07) is 5.14. The second-order valence-corrected chi connectivity index (χ2v) is 6.40. The van der Waals surface area contributed by atoms with Crippen molar-refractivity contribution in [3.8, 4) is 5.75 Å². The van der Waals surface area contributed by atoms with Crippen molar-refractivity contribution >= 4 is 10.0 Å². The van der Waals surface area contributed by atoms with Gasteiger partial charge in [-0.25, -0.2) is 13.1 Å². The first-order valence-corrected chi connectivity index (χ1v) is 8.33. The van der Waals surface area contributed by atoms with Gasteiger partial charge in [0, 0.05) is 20.2 Å². The van der Waals surface area contributed by atoms with Gasteiger partial charge in [-0.05, 0) is 31.2 Å². The molecule has 0 aliphatic carbocycles. The van der Waals surface area contributed by atoms with E-state index in [1.165, 1.54) is 14.2 Å². The molecule has 1 atom stereocenters. The molecule has 0 fully saturated rings. The molecular formula is C14H24N2O4S. The summed E-state index contributed by atoms with van der Waals surface area (Å²) in [5.74, 6) is 0.327. The molecule has 0 saturated carbocycles. The van der Waals surface area contributed by atoms with Crippen molar-refractivity contribution in [3.05, 3.63) is 23.8 Å². The Morgan fingerprint density at radius 3 is 2.57 bits per heavy atom. The third kappa shape index (κ3) is 5.28. The minimum atomic E-state index is -3.64. The number of hydrogen-bond donors (Lipinski definition) is 2. The second-order valence-electron chi connectivity index (χ2n) is 4.66. The number of rotatable bonds is 9. The summed E-state index contributed by atoms with van der Waals surface area (Å²) in [5.41, 5.74) is 0.887. The molecule has 2 N–H and O–H groups in total. The zero-order valence-corrected chi connectivity index (χ0v) is 13.8. The number of benzene rings is 1. The maximum atomic E-state index is 12.4. The molecule has 1 unspecified atom stereocenters. The summed E-state index contributed by atoms with van der Waals surface area (Å²) in [7, 11) is -0.646. The molecular weight excluding hydrogens is 292 g/mol. The van der Waals surface area contributed by atoms with Crippen molar-refractivity contribution in [1.29, 1.82) is 0 Å². The smallest absolute Gasteiger partial charge is 0.244 e. The molecule has 1 aromatic rings. The lowest BCUT2D eigenvalue weighted by Crippen LogP contribution is -2.32. The molecule has 21 heavy (non-hydrogen) atoms. The topological polar surface area (TPSA) is 76.7 Å². The number of nitrogens with one attached hydrogen (secondary N) is 2.